The lowest BCUT2D eigenvalue weighted by Gasteiger charge is -2.09. The van der Waals surface area contributed by atoms with Crippen molar-refractivity contribution in [1.29, 1.82) is 5.41 Å². The van der Waals surface area contributed by atoms with Gasteiger partial charge < -0.3 is 29.7 Å². The molecule has 2 aromatic carbocycles. The van der Waals surface area contributed by atoms with E-state index in [1.165, 1.54) is 0 Å². The Balaban J connectivity index is 1.53. The Morgan fingerprint density at radius 1 is 1.18 bits per heavy atom. The summed E-state index contributed by atoms with van der Waals surface area (Å²) in [6, 6.07) is 10.5. The molecule has 0 spiro atoms. The third kappa shape index (κ3) is 2.67. The number of ether oxygens (including phenoxy) is 2. The summed E-state index contributed by atoms with van der Waals surface area (Å²) in [6.45, 7) is 1.94. The first-order chi connectivity index (χ1) is 13.5. The van der Waals surface area contributed by atoms with Crippen molar-refractivity contribution < 1.29 is 19.0 Å². The lowest BCUT2D eigenvalue weighted by molar-refractivity contribution is 0.174. The molecule has 5 rings (SSSR count). The minimum absolute atomic E-state index is 0.0956. The topological polar surface area (TPSA) is 105 Å². The van der Waals surface area contributed by atoms with Gasteiger partial charge in [0.15, 0.2) is 17.3 Å². The van der Waals surface area contributed by atoms with Crippen LogP contribution in [0.1, 0.15) is 13.3 Å². The lowest BCUT2D eigenvalue weighted by Crippen LogP contribution is -2.09. The SMILES string of the molecule is CC(=N)C1CC1Nc1ccc2oc(-c3ccc4c(c3)OCO4)c(O)c(=O)c2c1. The molecule has 2 heterocycles. The number of hydrogen-bond acceptors (Lipinski definition) is 7. The van der Waals surface area contributed by atoms with E-state index < -0.39 is 11.2 Å². The molecule has 3 aromatic rings. The lowest BCUT2D eigenvalue weighted by atomic mass is 10.1. The standard InChI is InChI=1S/C21H18N2O5/c1-10(22)13-8-15(13)23-12-3-5-16-14(7-12)19(24)20(25)21(28-16)11-2-4-17-18(6-11)27-9-26-17/h2-7,13,15,22-23,25H,8-9H2,1H3. The van der Waals surface area contributed by atoms with Crippen molar-refractivity contribution in [3.8, 4) is 28.6 Å². The fraction of sp³-hybridized carbons (Fsp3) is 0.238. The van der Waals surface area contributed by atoms with Crippen LogP contribution in [0.15, 0.2) is 45.6 Å². The third-order valence-corrected chi connectivity index (χ3v) is 5.20. The van der Waals surface area contributed by atoms with Crippen LogP contribution in [0.2, 0.25) is 0 Å². The summed E-state index contributed by atoms with van der Waals surface area (Å²) >= 11 is 0. The molecular formula is C21H18N2O5. The highest BCUT2D eigenvalue weighted by Crippen LogP contribution is 2.39. The maximum absolute atomic E-state index is 12.8. The molecule has 1 aliphatic heterocycles. The molecule has 2 atom stereocenters. The number of rotatable bonds is 4. The van der Waals surface area contributed by atoms with Crippen LogP contribution in [0.25, 0.3) is 22.3 Å². The summed E-state index contributed by atoms with van der Waals surface area (Å²) in [7, 11) is 0. The van der Waals surface area contributed by atoms with Crippen LogP contribution in [-0.2, 0) is 0 Å². The van der Waals surface area contributed by atoms with Gasteiger partial charge in [0.1, 0.15) is 5.58 Å². The first-order valence-corrected chi connectivity index (χ1v) is 9.02. The van der Waals surface area contributed by atoms with Gasteiger partial charge in [-0.2, -0.15) is 0 Å². The second kappa shape index (κ2) is 6.02. The van der Waals surface area contributed by atoms with E-state index in [-0.39, 0.29) is 24.5 Å². The van der Waals surface area contributed by atoms with Crippen LogP contribution in [0.3, 0.4) is 0 Å². The molecule has 142 valence electrons. The molecule has 2 unspecified atom stereocenters. The van der Waals surface area contributed by atoms with E-state index in [9.17, 15) is 9.90 Å². The van der Waals surface area contributed by atoms with Gasteiger partial charge in [-0.1, -0.05) is 0 Å². The van der Waals surface area contributed by atoms with E-state index in [2.05, 4.69) is 5.32 Å². The van der Waals surface area contributed by atoms with Crippen molar-refractivity contribution in [3.63, 3.8) is 0 Å². The minimum Gasteiger partial charge on any atom is -0.502 e. The number of benzene rings is 2. The van der Waals surface area contributed by atoms with Crippen LogP contribution in [0.5, 0.6) is 17.2 Å². The number of nitrogens with one attached hydrogen (secondary N) is 2. The van der Waals surface area contributed by atoms with E-state index in [4.69, 9.17) is 19.3 Å². The van der Waals surface area contributed by atoms with Crippen molar-refractivity contribution in [2.24, 2.45) is 5.92 Å². The molecule has 28 heavy (non-hydrogen) atoms. The van der Waals surface area contributed by atoms with E-state index in [0.717, 1.165) is 12.1 Å². The summed E-state index contributed by atoms with van der Waals surface area (Å²) in [5, 5.41) is 21.8. The number of hydrogen-bond donors (Lipinski definition) is 3. The van der Waals surface area contributed by atoms with Gasteiger partial charge in [-0.05, 0) is 49.7 Å². The van der Waals surface area contributed by atoms with Crippen molar-refractivity contribution in [1.82, 2.24) is 0 Å². The minimum atomic E-state index is -0.492. The van der Waals surface area contributed by atoms with Gasteiger partial charge >= 0.3 is 0 Å². The summed E-state index contributed by atoms with van der Waals surface area (Å²) in [6.07, 6.45) is 0.913. The Kier molecular flexibility index (Phi) is 3.58. The first kappa shape index (κ1) is 16.7. The average molecular weight is 378 g/mol. The molecular weight excluding hydrogens is 360 g/mol. The zero-order chi connectivity index (χ0) is 19.4. The zero-order valence-corrected chi connectivity index (χ0v) is 15.1. The zero-order valence-electron chi connectivity index (χ0n) is 15.1. The maximum Gasteiger partial charge on any atom is 0.235 e. The van der Waals surface area contributed by atoms with Crippen LogP contribution < -0.4 is 20.2 Å². The van der Waals surface area contributed by atoms with Gasteiger partial charge in [0, 0.05) is 28.9 Å². The summed E-state index contributed by atoms with van der Waals surface area (Å²) in [4.78, 5) is 12.8. The summed E-state index contributed by atoms with van der Waals surface area (Å²) in [5.41, 5.74) is 1.85. The largest absolute Gasteiger partial charge is 0.502 e. The predicted octanol–water partition coefficient (Wildman–Crippen LogP) is 3.73. The van der Waals surface area contributed by atoms with Gasteiger partial charge in [-0.25, -0.2) is 0 Å². The Morgan fingerprint density at radius 2 is 2.00 bits per heavy atom. The summed E-state index contributed by atoms with van der Waals surface area (Å²) < 4.78 is 16.5. The molecule has 1 saturated carbocycles. The molecule has 1 aliphatic carbocycles. The Hall–Kier alpha value is -3.48. The normalized spacial score (nSPS) is 19.6. The van der Waals surface area contributed by atoms with Crippen molar-refractivity contribution in [3.05, 3.63) is 46.6 Å². The third-order valence-electron chi connectivity index (χ3n) is 5.20. The molecule has 0 amide bonds. The highest BCUT2D eigenvalue weighted by molar-refractivity contribution is 5.87. The van der Waals surface area contributed by atoms with Crippen LogP contribution >= 0.6 is 0 Å². The smallest absolute Gasteiger partial charge is 0.235 e. The molecule has 0 radical (unpaired) electrons. The Labute approximate surface area is 160 Å². The van der Waals surface area contributed by atoms with E-state index in [1.807, 2.05) is 6.07 Å². The van der Waals surface area contributed by atoms with Crippen molar-refractivity contribution >= 4 is 22.4 Å². The molecule has 7 heteroatoms. The molecule has 0 bridgehead atoms. The highest BCUT2D eigenvalue weighted by atomic mass is 16.7. The number of fused-ring (bicyclic) bond motifs is 2. The molecule has 1 fully saturated rings. The van der Waals surface area contributed by atoms with Crippen molar-refractivity contribution in [2.45, 2.75) is 19.4 Å². The quantitative estimate of drug-likeness (QED) is 0.598. The van der Waals surface area contributed by atoms with E-state index in [0.29, 0.717) is 33.7 Å². The average Bonchev–Trinajstić information content (AvgIpc) is 3.30. The van der Waals surface area contributed by atoms with Gasteiger partial charge in [0.2, 0.25) is 18.0 Å². The molecule has 3 N–H and O–H groups in total. The van der Waals surface area contributed by atoms with Gasteiger partial charge in [0.25, 0.3) is 0 Å². The summed E-state index contributed by atoms with van der Waals surface area (Å²) in [5.74, 6) is 1.05. The number of anilines is 1. The second-order valence-electron chi connectivity index (χ2n) is 7.16. The first-order valence-electron chi connectivity index (χ1n) is 9.02. The Morgan fingerprint density at radius 3 is 2.79 bits per heavy atom. The molecule has 2 aliphatic rings. The van der Waals surface area contributed by atoms with Crippen LogP contribution in [-0.4, -0.2) is 23.7 Å². The molecule has 1 aromatic heterocycles. The Bertz CT molecular complexity index is 1180. The monoisotopic (exact) mass is 378 g/mol. The van der Waals surface area contributed by atoms with E-state index >= 15 is 0 Å². The van der Waals surface area contributed by atoms with Crippen LogP contribution in [0.4, 0.5) is 5.69 Å². The molecule has 7 nitrogen and oxygen atoms in total. The van der Waals surface area contributed by atoms with Crippen LogP contribution in [0, 0.1) is 11.3 Å². The fourth-order valence-electron chi connectivity index (χ4n) is 3.56. The highest BCUT2D eigenvalue weighted by Gasteiger charge is 2.38. The number of aromatic hydroxyl groups is 1. The van der Waals surface area contributed by atoms with Gasteiger partial charge in [-0.15, -0.1) is 0 Å². The second-order valence-corrected chi connectivity index (χ2v) is 7.16. The van der Waals surface area contributed by atoms with Crippen molar-refractivity contribution in [2.75, 3.05) is 12.1 Å². The molecule has 0 saturated heterocycles. The predicted molar refractivity (Wildman–Crippen MR) is 105 cm³/mol. The van der Waals surface area contributed by atoms with E-state index in [1.54, 1.807) is 37.3 Å². The van der Waals surface area contributed by atoms with Gasteiger partial charge in [0.05, 0.1) is 5.39 Å². The maximum atomic E-state index is 12.8. The fourth-order valence-corrected chi connectivity index (χ4v) is 3.56. The van der Waals surface area contributed by atoms with Gasteiger partial charge in [-0.3, -0.25) is 4.79 Å².